The molecular formula is C23H16ClF3N4O. The van der Waals surface area contributed by atoms with E-state index in [4.69, 9.17) is 22.9 Å². The first kappa shape index (κ1) is 21.5. The number of rotatable bonds is 4. The molecule has 0 spiro atoms. The molecule has 1 atom stereocenters. The average Bonchev–Trinajstić information content (AvgIpc) is 3.19. The van der Waals surface area contributed by atoms with Gasteiger partial charge in [0.15, 0.2) is 0 Å². The van der Waals surface area contributed by atoms with E-state index >= 15 is 0 Å². The van der Waals surface area contributed by atoms with Gasteiger partial charge in [0, 0.05) is 17.3 Å². The Morgan fingerprint density at radius 2 is 1.69 bits per heavy atom. The molecule has 0 amide bonds. The molecule has 0 unspecified atom stereocenters. The van der Waals surface area contributed by atoms with Crippen molar-refractivity contribution < 1.29 is 17.9 Å². The summed E-state index contributed by atoms with van der Waals surface area (Å²) in [5.41, 5.74) is 0.393. The topological polar surface area (TPSA) is 41.2 Å². The van der Waals surface area contributed by atoms with Crippen molar-refractivity contribution in [2.24, 2.45) is 5.10 Å². The van der Waals surface area contributed by atoms with Gasteiger partial charge in [-0.25, -0.2) is 0 Å². The average molecular weight is 457 g/mol. The van der Waals surface area contributed by atoms with Crippen LogP contribution in [-0.2, 0) is 6.18 Å². The summed E-state index contributed by atoms with van der Waals surface area (Å²) in [6.07, 6.45) is -4.44. The summed E-state index contributed by atoms with van der Waals surface area (Å²) in [5, 5.41) is 7.39. The number of nitrogens with zero attached hydrogens (tertiary/aromatic N) is 3. The van der Waals surface area contributed by atoms with Crippen LogP contribution in [0.2, 0.25) is 5.02 Å². The Balaban J connectivity index is 1.63. The minimum Gasteiger partial charge on any atom is -0.457 e. The fourth-order valence-corrected chi connectivity index (χ4v) is 3.57. The number of hydrogen-bond acceptors (Lipinski definition) is 2. The van der Waals surface area contributed by atoms with Crippen molar-refractivity contribution in [3.8, 4) is 11.5 Å². The van der Waals surface area contributed by atoms with Crippen LogP contribution in [0.25, 0.3) is 4.95 Å². The lowest BCUT2D eigenvalue weighted by Gasteiger charge is -2.25. The minimum absolute atomic E-state index is 0.272. The third-order valence-electron chi connectivity index (χ3n) is 4.90. The van der Waals surface area contributed by atoms with E-state index in [1.54, 1.807) is 59.5 Å². The van der Waals surface area contributed by atoms with Crippen molar-refractivity contribution in [3.05, 3.63) is 100 Å². The van der Waals surface area contributed by atoms with E-state index in [1.807, 2.05) is 0 Å². The molecule has 0 aromatic heterocycles. The van der Waals surface area contributed by atoms with Crippen molar-refractivity contribution >= 4 is 23.2 Å². The Bertz CT molecular complexity index is 1170. The molecule has 1 aliphatic rings. The first-order valence-electron chi connectivity index (χ1n) is 9.53. The number of halogens is 4. The summed E-state index contributed by atoms with van der Waals surface area (Å²) < 4.78 is 45.4. The van der Waals surface area contributed by atoms with Crippen LogP contribution < -0.4 is 15.0 Å². The number of benzene rings is 3. The molecule has 4 rings (SSSR count). The Labute approximate surface area is 187 Å². The number of guanidine groups is 1. The van der Waals surface area contributed by atoms with Crippen molar-refractivity contribution in [2.45, 2.75) is 12.2 Å². The first-order valence-corrected chi connectivity index (χ1v) is 9.91. The predicted molar refractivity (Wildman–Crippen MR) is 117 cm³/mol. The summed E-state index contributed by atoms with van der Waals surface area (Å²) in [6.45, 7) is 7.38. The van der Waals surface area contributed by atoms with E-state index in [0.717, 1.165) is 12.1 Å². The van der Waals surface area contributed by atoms with Crippen molar-refractivity contribution in [1.82, 2.24) is 5.32 Å². The summed E-state index contributed by atoms with van der Waals surface area (Å²) in [6, 6.07) is 18.6. The Morgan fingerprint density at radius 1 is 1.03 bits per heavy atom. The highest BCUT2D eigenvalue weighted by Crippen LogP contribution is 2.36. The van der Waals surface area contributed by atoms with Gasteiger partial charge in [-0.15, -0.1) is 4.95 Å². The third kappa shape index (κ3) is 4.63. The number of alkyl halides is 3. The quantitative estimate of drug-likeness (QED) is 0.360. The second-order valence-corrected chi connectivity index (χ2v) is 7.40. The number of hydrogen-bond donors (Lipinski definition) is 1. The van der Waals surface area contributed by atoms with E-state index in [-0.39, 0.29) is 5.96 Å². The van der Waals surface area contributed by atoms with Gasteiger partial charge in [0.1, 0.15) is 16.6 Å². The fourth-order valence-electron chi connectivity index (χ4n) is 3.45. The summed E-state index contributed by atoms with van der Waals surface area (Å²) in [4.78, 5) is 4.79. The molecule has 3 aromatic carbocycles. The molecule has 162 valence electrons. The molecule has 5 nitrogen and oxygen atoms in total. The molecule has 9 heteroatoms. The maximum Gasteiger partial charge on any atom is 0.416 e. The summed E-state index contributed by atoms with van der Waals surface area (Å²) in [7, 11) is 0. The molecule has 0 aliphatic carbocycles. The van der Waals surface area contributed by atoms with Crippen LogP contribution >= 0.6 is 11.6 Å². The maximum atomic E-state index is 13.2. The Hall–Kier alpha value is -3.70. The van der Waals surface area contributed by atoms with E-state index in [2.05, 4.69) is 15.4 Å². The Kier molecular flexibility index (Phi) is 5.93. The highest BCUT2D eigenvalue weighted by Gasteiger charge is 2.36. The van der Waals surface area contributed by atoms with Crippen LogP contribution in [0.5, 0.6) is 11.5 Å². The molecule has 0 bridgehead atoms. The third-order valence-corrected chi connectivity index (χ3v) is 5.15. The molecule has 0 saturated carbocycles. The molecule has 1 fully saturated rings. The van der Waals surface area contributed by atoms with Gasteiger partial charge in [0.05, 0.1) is 11.6 Å². The predicted octanol–water partition coefficient (Wildman–Crippen LogP) is 6.49. The largest absolute Gasteiger partial charge is 0.457 e. The fraction of sp³-hybridized carbons (Fsp3) is 0.130. The minimum atomic E-state index is -4.44. The second kappa shape index (κ2) is 8.81. The van der Waals surface area contributed by atoms with Gasteiger partial charge in [-0.3, -0.25) is 4.90 Å². The molecule has 1 heterocycles. The standard InChI is InChI=1S/C23H16ClF3N4O/c1-28-30-22-29-14-21(15-3-2-4-16(13-15)23(25,26)27)31(22)18-7-11-20(12-8-18)32-19-9-5-17(24)6-10-19/h2-13,21H,14H2,(H,29,30)/t21-/m1/s1. The first-order chi connectivity index (χ1) is 15.3. The van der Waals surface area contributed by atoms with Crippen LogP contribution in [-0.4, -0.2) is 12.5 Å². The normalized spacial score (nSPS) is 17.2. The Morgan fingerprint density at radius 3 is 2.31 bits per heavy atom. The van der Waals surface area contributed by atoms with Crippen LogP contribution in [0.1, 0.15) is 17.2 Å². The van der Waals surface area contributed by atoms with Crippen LogP contribution in [0.15, 0.2) is 77.9 Å². The monoisotopic (exact) mass is 456 g/mol. The SMILES string of the molecule is [C-]#[N+]/N=C1\NC[C@H](c2cccc(C(F)(F)F)c2)N1c1ccc(Oc2ccc(Cl)cc2)cc1. The molecule has 1 aliphatic heterocycles. The van der Waals surface area contributed by atoms with Crippen LogP contribution in [0, 0.1) is 6.57 Å². The molecule has 1 N–H and O–H groups in total. The van der Waals surface area contributed by atoms with Crippen molar-refractivity contribution in [2.75, 3.05) is 11.4 Å². The number of nitrogens with one attached hydrogen (secondary N) is 1. The molecule has 1 saturated heterocycles. The molecule has 3 aromatic rings. The molecular weight excluding hydrogens is 441 g/mol. The van der Waals surface area contributed by atoms with Crippen molar-refractivity contribution in [3.63, 3.8) is 0 Å². The lowest BCUT2D eigenvalue weighted by Crippen LogP contribution is -2.31. The molecule has 32 heavy (non-hydrogen) atoms. The highest BCUT2D eigenvalue weighted by molar-refractivity contribution is 6.30. The highest BCUT2D eigenvalue weighted by atomic mass is 35.5. The van der Waals surface area contributed by atoms with Gasteiger partial charge < -0.3 is 10.1 Å². The zero-order chi connectivity index (χ0) is 22.7. The molecule has 0 radical (unpaired) electrons. The van der Waals surface area contributed by atoms with Crippen molar-refractivity contribution in [1.29, 1.82) is 0 Å². The lowest BCUT2D eigenvalue weighted by molar-refractivity contribution is -0.137. The van der Waals surface area contributed by atoms with E-state index < -0.39 is 17.8 Å². The van der Waals surface area contributed by atoms with Crippen LogP contribution in [0.4, 0.5) is 18.9 Å². The van der Waals surface area contributed by atoms with Gasteiger partial charge in [0.2, 0.25) is 0 Å². The summed E-state index contributed by atoms with van der Waals surface area (Å²) >= 11 is 5.88. The van der Waals surface area contributed by atoms with E-state index in [1.165, 1.54) is 6.07 Å². The number of anilines is 1. The van der Waals surface area contributed by atoms with Gasteiger partial charge >= 0.3 is 6.18 Å². The van der Waals surface area contributed by atoms with Gasteiger partial charge in [0.25, 0.3) is 5.96 Å². The van der Waals surface area contributed by atoms with Gasteiger partial charge in [-0.2, -0.15) is 19.7 Å². The maximum absolute atomic E-state index is 13.2. The van der Waals surface area contributed by atoms with Gasteiger partial charge in [-0.1, -0.05) is 23.7 Å². The van der Waals surface area contributed by atoms with Gasteiger partial charge in [-0.05, 0) is 66.2 Å². The van der Waals surface area contributed by atoms with E-state index in [0.29, 0.717) is 34.3 Å². The van der Waals surface area contributed by atoms with Crippen LogP contribution in [0.3, 0.4) is 0 Å². The zero-order valence-electron chi connectivity index (χ0n) is 16.5. The number of ether oxygens (including phenoxy) is 1. The smallest absolute Gasteiger partial charge is 0.416 e. The lowest BCUT2D eigenvalue weighted by atomic mass is 10.0. The van der Waals surface area contributed by atoms with E-state index in [9.17, 15) is 13.2 Å². The zero-order valence-corrected chi connectivity index (χ0v) is 17.2. The summed E-state index contributed by atoms with van der Waals surface area (Å²) in [5.74, 6) is 1.46. The second-order valence-electron chi connectivity index (χ2n) is 6.96.